The van der Waals surface area contributed by atoms with Crippen molar-refractivity contribution in [1.29, 1.82) is 0 Å². The molecule has 0 aromatic heterocycles. The summed E-state index contributed by atoms with van der Waals surface area (Å²) in [5, 5.41) is 8.57. The Morgan fingerprint density at radius 3 is 2.70 bits per heavy atom. The van der Waals surface area contributed by atoms with Gasteiger partial charge in [0.25, 0.3) is 0 Å². The smallest absolute Gasteiger partial charge is 0.319 e. The number of rotatable bonds is 5. The number of hydrogen-bond donors (Lipinski definition) is 1. The molecule has 0 aliphatic carbocycles. The van der Waals surface area contributed by atoms with Crippen LogP contribution in [0.2, 0.25) is 0 Å². The number of amides is 2. The molecule has 1 unspecified atom stereocenters. The van der Waals surface area contributed by atoms with Crippen LogP contribution < -0.4 is 0 Å². The van der Waals surface area contributed by atoms with Gasteiger partial charge in [0.05, 0.1) is 13.0 Å². The van der Waals surface area contributed by atoms with Gasteiger partial charge in [-0.15, -0.1) is 0 Å². The Morgan fingerprint density at radius 2 is 2.10 bits per heavy atom. The number of methoxy groups -OCH3 is 1. The van der Waals surface area contributed by atoms with E-state index in [4.69, 9.17) is 9.84 Å². The SMILES string of the molecule is COC(=O)C1CCCN(C(=O)N(C)CCCC(=O)O)C1. The van der Waals surface area contributed by atoms with Gasteiger partial charge in [-0.3, -0.25) is 9.59 Å². The molecule has 0 bridgehead atoms. The number of ether oxygens (including phenoxy) is 1. The van der Waals surface area contributed by atoms with E-state index in [2.05, 4.69) is 0 Å². The van der Waals surface area contributed by atoms with E-state index in [1.807, 2.05) is 0 Å². The third kappa shape index (κ3) is 4.71. The first-order chi connectivity index (χ1) is 9.45. The van der Waals surface area contributed by atoms with Crippen LogP contribution in [0.25, 0.3) is 0 Å². The molecule has 0 aromatic rings. The number of likely N-dealkylation sites (tertiary alicyclic amines) is 1. The fraction of sp³-hybridized carbons (Fsp3) is 0.769. The molecule has 1 atom stereocenters. The van der Waals surface area contributed by atoms with Gasteiger partial charge in [0.2, 0.25) is 0 Å². The lowest BCUT2D eigenvalue weighted by atomic mass is 9.98. The molecule has 0 aromatic carbocycles. The maximum Gasteiger partial charge on any atom is 0.319 e. The number of carboxylic acids is 1. The number of carbonyl (C=O) groups is 3. The number of hydrogen-bond acceptors (Lipinski definition) is 4. The Morgan fingerprint density at radius 1 is 1.40 bits per heavy atom. The van der Waals surface area contributed by atoms with E-state index in [1.165, 1.54) is 12.0 Å². The van der Waals surface area contributed by atoms with E-state index < -0.39 is 5.97 Å². The topological polar surface area (TPSA) is 87.2 Å². The molecule has 1 heterocycles. The van der Waals surface area contributed by atoms with Gasteiger partial charge in [0.15, 0.2) is 0 Å². The Kier molecular flexibility index (Phi) is 6.27. The van der Waals surface area contributed by atoms with Gasteiger partial charge in [0.1, 0.15) is 0 Å². The molecular formula is C13H22N2O5. The molecule has 20 heavy (non-hydrogen) atoms. The zero-order valence-corrected chi connectivity index (χ0v) is 12.0. The maximum absolute atomic E-state index is 12.2. The Hall–Kier alpha value is -1.79. The number of carbonyl (C=O) groups excluding carboxylic acids is 2. The highest BCUT2D eigenvalue weighted by Crippen LogP contribution is 2.18. The van der Waals surface area contributed by atoms with E-state index >= 15 is 0 Å². The monoisotopic (exact) mass is 286 g/mol. The predicted octanol–water partition coefficient (Wildman–Crippen LogP) is 0.788. The first-order valence-corrected chi connectivity index (χ1v) is 6.75. The molecule has 0 spiro atoms. The summed E-state index contributed by atoms with van der Waals surface area (Å²) in [4.78, 5) is 37.3. The Balaban J connectivity index is 2.45. The molecule has 1 rings (SSSR count). The zero-order valence-electron chi connectivity index (χ0n) is 12.0. The molecule has 1 N–H and O–H groups in total. The van der Waals surface area contributed by atoms with Crippen LogP contribution in [0.5, 0.6) is 0 Å². The summed E-state index contributed by atoms with van der Waals surface area (Å²) in [7, 11) is 2.99. The first kappa shape index (κ1) is 16.3. The van der Waals surface area contributed by atoms with E-state index in [9.17, 15) is 14.4 Å². The summed E-state index contributed by atoms with van der Waals surface area (Å²) in [6, 6.07) is -0.163. The van der Waals surface area contributed by atoms with Gasteiger partial charge in [-0.1, -0.05) is 0 Å². The first-order valence-electron chi connectivity index (χ1n) is 6.75. The molecule has 0 radical (unpaired) electrons. The van der Waals surface area contributed by atoms with Crippen molar-refractivity contribution >= 4 is 18.0 Å². The van der Waals surface area contributed by atoms with Gasteiger partial charge in [-0.05, 0) is 19.3 Å². The van der Waals surface area contributed by atoms with Crippen LogP contribution in [-0.4, -0.2) is 66.7 Å². The van der Waals surface area contributed by atoms with Crippen molar-refractivity contribution in [3.63, 3.8) is 0 Å². The lowest BCUT2D eigenvalue weighted by Gasteiger charge is -2.34. The van der Waals surface area contributed by atoms with E-state index in [0.717, 1.165) is 12.8 Å². The van der Waals surface area contributed by atoms with Crippen LogP contribution in [0.15, 0.2) is 0 Å². The average molecular weight is 286 g/mol. The van der Waals surface area contributed by atoms with Crippen LogP contribution in [0, 0.1) is 5.92 Å². The second-order valence-electron chi connectivity index (χ2n) is 5.01. The van der Waals surface area contributed by atoms with Gasteiger partial charge in [0, 0.05) is 33.1 Å². The molecule has 1 saturated heterocycles. The normalized spacial score (nSPS) is 18.5. The van der Waals surface area contributed by atoms with Crippen molar-refractivity contribution in [2.75, 3.05) is 33.8 Å². The van der Waals surface area contributed by atoms with Crippen LogP contribution in [0.3, 0.4) is 0 Å². The third-order valence-electron chi connectivity index (χ3n) is 3.44. The standard InChI is InChI=1S/C13H22N2O5/c1-14(7-4-6-11(16)17)13(19)15-8-3-5-10(9-15)12(18)20-2/h10H,3-9H2,1-2H3,(H,16,17). The largest absolute Gasteiger partial charge is 0.481 e. The van der Waals surface area contributed by atoms with Crippen LogP contribution in [0.1, 0.15) is 25.7 Å². The second kappa shape index (κ2) is 7.72. The number of aliphatic carboxylic acids is 1. The fourth-order valence-corrected chi connectivity index (χ4v) is 2.31. The lowest BCUT2D eigenvalue weighted by molar-refractivity contribution is -0.147. The molecular weight excluding hydrogens is 264 g/mol. The van der Waals surface area contributed by atoms with Crippen LogP contribution in [0.4, 0.5) is 4.79 Å². The lowest BCUT2D eigenvalue weighted by Crippen LogP contribution is -2.48. The minimum atomic E-state index is -0.866. The van der Waals surface area contributed by atoms with Crippen molar-refractivity contribution in [2.45, 2.75) is 25.7 Å². The molecule has 114 valence electrons. The average Bonchev–Trinajstić information content (AvgIpc) is 2.45. The highest BCUT2D eigenvalue weighted by atomic mass is 16.5. The highest BCUT2D eigenvalue weighted by molar-refractivity contribution is 5.77. The quantitative estimate of drug-likeness (QED) is 0.755. The van der Waals surface area contributed by atoms with Crippen molar-refractivity contribution < 1.29 is 24.2 Å². The van der Waals surface area contributed by atoms with Crippen molar-refractivity contribution in [3.05, 3.63) is 0 Å². The van der Waals surface area contributed by atoms with Crippen LogP contribution in [-0.2, 0) is 14.3 Å². The van der Waals surface area contributed by atoms with E-state index in [-0.39, 0.29) is 24.3 Å². The molecule has 1 fully saturated rings. The zero-order chi connectivity index (χ0) is 15.1. The molecule has 2 amide bonds. The predicted molar refractivity (Wildman–Crippen MR) is 71.2 cm³/mol. The summed E-state index contributed by atoms with van der Waals surface area (Å²) in [5.74, 6) is -1.41. The van der Waals surface area contributed by atoms with Gasteiger partial charge in [-0.2, -0.15) is 0 Å². The highest BCUT2D eigenvalue weighted by Gasteiger charge is 2.30. The summed E-state index contributed by atoms with van der Waals surface area (Å²) in [6.45, 7) is 1.38. The Labute approximate surface area is 118 Å². The van der Waals surface area contributed by atoms with Crippen molar-refractivity contribution in [2.24, 2.45) is 5.92 Å². The molecule has 1 aliphatic heterocycles. The molecule has 1 aliphatic rings. The van der Waals surface area contributed by atoms with E-state index in [1.54, 1.807) is 11.9 Å². The number of nitrogens with zero attached hydrogens (tertiary/aromatic N) is 2. The summed E-state index contributed by atoms with van der Waals surface area (Å²) in [5.41, 5.74) is 0. The second-order valence-corrected chi connectivity index (χ2v) is 5.01. The summed E-state index contributed by atoms with van der Waals surface area (Å²) in [6.07, 6.45) is 1.97. The van der Waals surface area contributed by atoms with E-state index in [0.29, 0.717) is 26.1 Å². The van der Waals surface area contributed by atoms with Crippen molar-refractivity contribution in [1.82, 2.24) is 9.80 Å². The third-order valence-corrected chi connectivity index (χ3v) is 3.44. The summed E-state index contributed by atoms with van der Waals surface area (Å²) >= 11 is 0. The van der Waals surface area contributed by atoms with Gasteiger partial charge in [-0.25, -0.2) is 4.79 Å². The number of carboxylic acid groups (broad SMARTS) is 1. The number of urea groups is 1. The van der Waals surface area contributed by atoms with Gasteiger partial charge < -0.3 is 19.6 Å². The molecule has 7 nitrogen and oxygen atoms in total. The van der Waals surface area contributed by atoms with Crippen molar-refractivity contribution in [3.8, 4) is 0 Å². The maximum atomic E-state index is 12.2. The minimum absolute atomic E-state index is 0.0441. The Bertz CT molecular complexity index is 372. The molecule has 0 saturated carbocycles. The minimum Gasteiger partial charge on any atom is -0.481 e. The van der Waals surface area contributed by atoms with Gasteiger partial charge >= 0.3 is 18.0 Å². The summed E-state index contributed by atoms with van der Waals surface area (Å²) < 4.78 is 4.71. The number of piperidine rings is 1. The van der Waals surface area contributed by atoms with Crippen LogP contribution >= 0.6 is 0 Å². The number of esters is 1. The molecule has 7 heteroatoms. The fourth-order valence-electron chi connectivity index (χ4n) is 2.31.